The van der Waals surface area contributed by atoms with Crippen LogP contribution < -0.4 is 38.5 Å². The molecule has 0 unspecified atom stereocenters. The smallest absolute Gasteiger partial charge is 0.272 e. The molecule has 4 aromatic heterocycles. The first kappa shape index (κ1) is 34.8. The second kappa shape index (κ2) is 14.2. The van der Waals surface area contributed by atoms with Crippen LogP contribution in [0.25, 0.3) is 11.1 Å². The molecular weight excluding hydrogens is 688 g/mol. The number of guanidine groups is 1. The van der Waals surface area contributed by atoms with Crippen LogP contribution >= 0.6 is 15.9 Å². The van der Waals surface area contributed by atoms with E-state index in [1.54, 1.807) is 62.0 Å². The summed E-state index contributed by atoms with van der Waals surface area (Å²) in [7, 11) is 6.56. The van der Waals surface area contributed by atoms with Gasteiger partial charge in [0, 0.05) is 70.6 Å². The second-order valence-electron chi connectivity index (χ2n) is 10.7. The van der Waals surface area contributed by atoms with Gasteiger partial charge in [-0.15, -0.1) is 0 Å². The van der Waals surface area contributed by atoms with Gasteiger partial charge < -0.3 is 56.7 Å². The summed E-state index contributed by atoms with van der Waals surface area (Å²) in [4.78, 5) is 67.6. The van der Waals surface area contributed by atoms with Crippen molar-refractivity contribution in [3.63, 3.8) is 0 Å². The minimum absolute atomic E-state index is 0.0753. The maximum atomic E-state index is 13.4. The maximum absolute atomic E-state index is 13.4. The third kappa shape index (κ3) is 7.66. The average Bonchev–Trinajstić information content (AvgIpc) is 3.74. The second-order valence-corrected chi connectivity index (χ2v) is 11.7. The number of rotatable bonds is 12. The van der Waals surface area contributed by atoms with Crippen molar-refractivity contribution in [3.05, 3.63) is 76.8 Å². The summed E-state index contributed by atoms with van der Waals surface area (Å²) in [5.74, 6) is -2.69. The predicted molar refractivity (Wildman–Crippen MR) is 185 cm³/mol. The van der Waals surface area contributed by atoms with E-state index in [1.807, 2.05) is 0 Å². The lowest BCUT2D eigenvalue weighted by molar-refractivity contribution is -0.112. The number of hydrogen-bond donors (Lipinski definition) is 7. The Labute approximate surface area is 282 Å². The first-order valence-corrected chi connectivity index (χ1v) is 15.0. The van der Waals surface area contributed by atoms with Gasteiger partial charge in [0.25, 0.3) is 29.5 Å². The molecule has 0 spiro atoms. The van der Waals surface area contributed by atoms with Gasteiger partial charge >= 0.3 is 0 Å². The van der Waals surface area contributed by atoms with Gasteiger partial charge in [-0.25, -0.2) is 0 Å². The van der Waals surface area contributed by atoms with E-state index in [1.165, 1.54) is 27.5 Å². The maximum Gasteiger partial charge on any atom is 0.272 e. The molecular formula is C30H35BrN12O5. The summed E-state index contributed by atoms with van der Waals surface area (Å²) in [5.41, 5.74) is 18.9. The molecule has 0 aliphatic heterocycles. The highest BCUT2D eigenvalue weighted by atomic mass is 79.9. The average molecular weight is 724 g/mol. The van der Waals surface area contributed by atoms with Crippen LogP contribution in [0.5, 0.6) is 0 Å². The minimum atomic E-state index is -0.731. The van der Waals surface area contributed by atoms with Crippen LogP contribution in [0.3, 0.4) is 0 Å². The Morgan fingerprint density at radius 2 is 1.27 bits per heavy atom. The van der Waals surface area contributed by atoms with Gasteiger partial charge in [0.05, 0.1) is 28.1 Å². The molecule has 5 amide bonds. The number of aromatic nitrogens is 4. The van der Waals surface area contributed by atoms with Crippen LogP contribution in [-0.4, -0.2) is 66.9 Å². The molecule has 0 fully saturated rings. The molecule has 0 aliphatic carbocycles. The van der Waals surface area contributed by atoms with Crippen LogP contribution in [0.4, 0.5) is 17.1 Å². The largest absolute Gasteiger partial charge is 0.370 e. The minimum Gasteiger partial charge on any atom is -0.370 e. The van der Waals surface area contributed by atoms with Gasteiger partial charge in [-0.05, 0) is 34.1 Å². The number of carbonyl (C=O) groups excluding carboxylic acids is 5. The Morgan fingerprint density at radius 3 is 1.79 bits per heavy atom. The molecule has 252 valence electrons. The number of amides is 5. The number of hydrogen-bond acceptors (Lipinski definition) is 6. The summed E-state index contributed by atoms with van der Waals surface area (Å²) in [5, 5.41) is 10.9. The topological polar surface area (TPSA) is 244 Å². The van der Waals surface area contributed by atoms with E-state index in [0.717, 1.165) is 0 Å². The Balaban J connectivity index is 1.50. The zero-order valence-electron chi connectivity index (χ0n) is 26.6. The Hall–Kier alpha value is -6.04. The van der Waals surface area contributed by atoms with Crippen molar-refractivity contribution in [3.8, 4) is 11.1 Å². The fourth-order valence-electron chi connectivity index (χ4n) is 4.98. The van der Waals surface area contributed by atoms with E-state index in [-0.39, 0.29) is 46.5 Å². The highest BCUT2D eigenvalue weighted by molar-refractivity contribution is 9.12. The van der Waals surface area contributed by atoms with Crippen molar-refractivity contribution in [2.45, 2.75) is 0 Å². The molecule has 0 saturated carbocycles. The predicted octanol–water partition coefficient (Wildman–Crippen LogP) is 1.16. The highest BCUT2D eigenvalue weighted by Gasteiger charge is 2.25. The molecule has 4 aromatic rings. The molecule has 18 heteroatoms. The third-order valence-corrected chi connectivity index (χ3v) is 7.48. The standard InChI is InChI=1S/C30H35BrN12O5/c1-15(31)26(45)39-19-14-43(5)24(25(32)44)23(19)16-8-20(40(2)11-16)28(47)37-18-10-22(42(4)13-18)29(48)38-17-9-21(41(3)12-17)27(46)35-6-7-36-30(33)34/h8-14H,1,6-7H2,2-5H3,(H2,32,44)(H,35,46)(H,37,47)(H,38,48)(H,39,45)(H4,33,34,36). The van der Waals surface area contributed by atoms with Crippen molar-refractivity contribution in [2.24, 2.45) is 50.4 Å². The fraction of sp³-hybridized carbons (Fsp3) is 0.200. The van der Waals surface area contributed by atoms with Gasteiger partial charge in [-0.3, -0.25) is 29.0 Å². The summed E-state index contributed by atoms with van der Waals surface area (Å²) in [6, 6.07) is 4.58. The number of aryl methyl sites for hydroxylation is 4. The molecule has 0 bridgehead atoms. The van der Waals surface area contributed by atoms with Crippen LogP contribution in [0, 0.1) is 0 Å². The molecule has 10 N–H and O–H groups in total. The zero-order chi connectivity index (χ0) is 35.4. The normalized spacial score (nSPS) is 10.7. The third-order valence-electron chi connectivity index (χ3n) is 7.12. The Kier molecular flexibility index (Phi) is 10.3. The molecule has 0 radical (unpaired) electrons. The molecule has 0 saturated heterocycles. The fourth-order valence-corrected chi connectivity index (χ4v) is 5.08. The summed E-state index contributed by atoms with van der Waals surface area (Å²) >= 11 is 3.04. The summed E-state index contributed by atoms with van der Waals surface area (Å²) in [6.07, 6.45) is 6.32. The van der Waals surface area contributed by atoms with Crippen LogP contribution in [0.15, 0.2) is 59.0 Å². The van der Waals surface area contributed by atoms with Crippen LogP contribution in [-0.2, 0) is 33.0 Å². The highest BCUT2D eigenvalue weighted by Crippen LogP contribution is 2.35. The first-order chi connectivity index (χ1) is 22.6. The lowest BCUT2D eigenvalue weighted by Gasteiger charge is -2.06. The Bertz CT molecular complexity index is 1990. The quantitative estimate of drug-likeness (QED) is 0.0486. The number of halogens is 1. The summed E-state index contributed by atoms with van der Waals surface area (Å²) < 4.78 is 6.22. The van der Waals surface area contributed by atoms with Crippen LogP contribution in [0.2, 0.25) is 0 Å². The van der Waals surface area contributed by atoms with Crippen molar-refractivity contribution < 1.29 is 24.0 Å². The van der Waals surface area contributed by atoms with Gasteiger partial charge in [0.15, 0.2) is 5.96 Å². The van der Waals surface area contributed by atoms with E-state index >= 15 is 0 Å². The van der Waals surface area contributed by atoms with E-state index in [0.29, 0.717) is 33.9 Å². The lowest BCUT2D eigenvalue weighted by Crippen LogP contribution is -2.29. The number of nitrogens with zero attached hydrogens (tertiary/aromatic N) is 5. The number of aliphatic imine (C=N–C) groups is 1. The van der Waals surface area contributed by atoms with E-state index in [2.05, 4.69) is 48.8 Å². The molecule has 17 nitrogen and oxygen atoms in total. The van der Waals surface area contributed by atoms with Crippen LogP contribution in [0.1, 0.15) is 42.0 Å². The number of carbonyl (C=O) groups is 5. The van der Waals surface area contributed by atoms with Crippen molar-refractivity contribution >= 4 is 68.5 Å². The van der Waals surface area contributed by atoms with Crippen molar-refractivity contribution in [2.75, 3.05) is 29.0 Å². The number of nitrogens with two attached hydrogens (primary N) is 3. The van der Waals surface area contributed by atoms with Gasteiger partial charge in [-0.2, -0.15) is 0 Å². The van der Waals surface area contributed by atoms with Crippen molar-refractivity contribution in [1.82, 2.24) is 23.6 Å². The van der Waals surface area contributed by atoms with Gasteiger partial charge in [0.1, 0.15) is 22.8 Å². The molecule has 48 heavy (non-hydrogen) atoms. The molecule has 4 heterocycles. The van der Waals surface area contributed by atoms with E-state index < -0.39 is 23.6 Å². The molecule has 4 rings (SSSR count). The Morgan fingerprint density at radius 1 is 0.750 bits per heavy atom. The summed E-state index contributed by atoms with van der Waals surface area (Å²) in [6.45, 7) is 4.00. The number of anilines is 3. The monoisotopic (exact) mass is 722 g/mol. The molecule has 0 aliphatic rings. The SMILES string of the molecule is C=C(Br)C(=O)Nc1cn(C)c(C(N)=O)c1-c1cc(C(=O)Nc2cc(C(=O)Nc3cc(C(=O)NCCN=C(N)N)n(C)c3)n(C)c2)n(C)c1. The zero-order valence-corrected chi connectivity index (χ0v) is 28.1. The number of nitrogens with one attached hydrogen (secondary N) is 4. The van der Waals surface area contributed by atoms with Crippen molar-refractivity contribution in [1.29, 1.82) is 0 Å². The first-order valence-electron chi connectivity index (χ1n) is 14.2. The molecule has 0 atom stereocenters. The lowest BCUT2D eigenvalue weighted by atomic mass is 10.1. The number of primary amides is 1. The molecule has 0 aromatic carbocycles. The van der Waals surface area contributed by atoms with E-state index in [9.17, 15) is 24.0 Å². The van der Waals surface area contributed by atoms with Gasteiger partial charge in [-0.1, -0.05) is 6.58 Å². The van der Waals surface area contributed by atoms with Gasteiger partial charge in [0.2, 0.25) is 0 Å². The van der Waals surface area contributed by atoms with E-state index in [4.69, 9.17) is 17.2 Å².